The van der Waals surface area contributed by atoms with Crippen LogP contribution in [0, 0.1) is 11.8 Å². The molecule has 2 rings (SSSR count). The molecule has 0 radical (unpaired) electrons. The Kier molecular flexibility index (Phi) is 8.05. The molecule has 5 nitrogen and oxygen atoms in total. The van der Waals surface area contributed by atoms with Gasteiger partial charge >= 0.3 is 0 Å². The molecular weight excluding hydrogens is 352 g/mol. The minimum atomic E-state index is -0.133. The van der Waals surface area contributed by atoms with E-state index < -0.39 is 0 Å². The van der Waals surface area contributed by atoms with Gasteiger partial charge in [-0.1, -0.05) is 39.8 Å². The number of nitrogens with one attached hydrogen (secondary N) is 2. The molecule has 0 aliphatic rings. The molecule has 28 heavy (non-hydrogen) atoms. The molecule has 0 unspecified atom stereocenters. The van der Waals surface area contributed by atoms with Crippen LogP contribution in [0.1, 0.15) is 50.0 Å². The van der Waals surface area contributed by atoms with Crippen LogP contribution in [0.2, 0.25) is 0 Å². The van der Waals surface area contributed by atoms with Crippen LogP contribution in [-0.4, -0.2) is 18.4 Å². The molecule has 150 valence electrons. The van der Waals surface area contributed by atoms with Gasteiger partial charge in [0.1, 0.15) is 5.75 Å². The van der Waals surface area contributed by atoms with Crippen LogP contribution in [0.25, 0.3) is 0 Å². The molecule has 5 heteroatoms. The summed E-state index contributed by atoms with van der Waals surface area (Å²) in [5.41, 5.74) is 2.31. The van der Waals surface area contributed by atoms with Crippen LogP contribution in [0.15, 0.2) is 48.5 Å². The molecule has 0 saturated carbocycles. The molecule has 2 aromatic rings. The zero-order chi connectivity index (χ0) is 20.5. The standard InChI is InChI=1S/C23H30N2O3/c1-16(2)13-14-28-21-11-7-19(8-12-21)23(27)24-15-18-5-9-20(10-6-18)25-22(26)17(3)4/h5-12,16-17H,13-15H2,1-4H3,(H,24,27)(H,25,26). The van der Waals surface area contributed by atoms with E-state index in [1.165, 1.54) is 0 Å². The van der Waals surface area contributed by atoms with Crippen molar-refractivity contribution >= 4 is 17.5 Å². The molecule has 0 aliphatic heterocycles. The number of amides is 2. The van der Waals surface area contributed by atoms with Gasteiger partial charge in [-0.05, 0) is 54.3 Å². The number of anilines is 1. The van der Waals surface area contributed by atoms with E-state index in [4.69, 9.17) is 4.74 Å². The van der Waals surface area contributed by atoms with Crippen LogP contribution in [0.4, 0.5) is 5.69 Å². The second kappa shape index (κ2) is 10.5. The topological polar surface area (TPSA) is 67.4 Å². The Labute approximate surface area is 167 Å². The van der Waals surface area contributed by atoms with Crippen molar-refractivity contribution in [2.45, 2.75) is 40.7 Å². The highest BCUT2D eigenvalue weighted by molar-refractivity contribution is 5.94. The van der Waals surface area contributed by atoms with E-state index in [0.29, 0.717) is 24.6 Å². The third kappa shape index (κ3) is 7.06. The summed E-state index contributed by atoms with van der Waals surface area (Å²) in [5.74, 6) is 1.16. The molecule has 2 aromatic carbocycles. The monoisotopic (exact) mass is 382 g/mol. The average Bonchev–Trinajstić information content (AvgIpc) is 2.67. The highest BCUT2D eigenvalue weighted by Gasteiger charge is 2.08. The maximum absolute atomic E-state index is 12.3. The molecule has 0 aromatic heterocycles. The fourth-order valence-electron chi connectivity index (χ4n) is 2.39. The van der Waals surface area contributed by atoms with E-state index >= 15 is 0 Å². The van der Waals surface area contributed by atoms with Crippen molar-refractivity contribution in [2.75, 3.05) is 11.9 Å². The van der Waals surface area contributed by atoms with Crippen LogP contribution >= 0.6 is 0 Å². The van der Waals surface area contributed by atoms with Crippen molar-refractivity contribution in [3.63, 3.8) is 0 Å². The van der Waals surface area contributed by atoms with E-state index in [-0.39, 0.29) is 17.7 Å². The molecular formula is C23H30N2O3. The lowest BCUT2D eigenvalue weighted by Gasteiger charge is -2.10. The highest BCUT2D eigenvalue weighted by Crippen LogP contribution is 2.14. The molecule has 0 spiro atoms. The molecule has 2 N–H and O–H groups in total. The third-order valence-corrected chi connectivity index (χ3v) is 4.28. The number of benzene rings is 2. The van der Waals surface area contributed by atoms with Crippen molar-refractivity contribution in [2.24, 2.45) is 11.8 Å². The third-order valence-electron chi connectivity index (χ3n) is 4.28. The molecule has 2 amide bonds. The summed E-state index contributed by atoms with van der Waals surface area (Å²) in [6, 6.07) is 14.6. The van der Waals surface area contributed by atoms with Gasteiger partial charge in [-0.25, -0.2) is 0 Å². The Hall–Kier alpha value is -2.82. The SMILES string of the molecule is CC(C)CCOc1ccc(C(=O)NCc2ccc(NC(=O)C(C)C)cc2)cc1. The van der Waals surface area contributed by atoms with Crippen molar-refractivity contribution < 1.29 is 14.3 Å². The first-order valence-corrected chi connectivity index (χ1v) is 9.76. The Morgan fingerprint density at radius 1 is 0.929 bits per heavy atom. The second-order valence-corrected chi connectivity index (χ2v) is 7.58. The second-order valence-electron chi connectivity index (χ2n) is 7.58. The Balaban J connectivity index is 1.82. The van der Waals surface area contributed by atoms with Gasteiger partial charge in [-0.15, -0.1) is 0 Å². The van der Waals surface area contributed by atoms with E-state index in [9.17, 15) is 9.59 Å². The normalized spacial score (nSPS) is 10.8. The average molecular weight is 383 g/mol. The summed E-state index contributed by atoms with van der Waals surface area (Å²) < 4.78 is 5.67. The number of hydrogen-bond acceptors (Lipinski definition) is 3. The van der Waals surface area contributed by atoms with Crippen LogP contribution in [-0.2, 0) is 11.3 Å². The number of ether oxygens (including phenoxy) is 1. The maximum atomic E-state index is 12.3. The molecule has 0 atom stereocenters. The minimum absolute atomic E-state index is 0.0160. The van der Waals surface area contributed by atoms with Crippen molar-refractivity contribution in [3.05, 3.63) is 59.7 Å². The van der Waals surface area contributed by atoms with Crippen molar-refractivity contribution in [1.82, 2.24) is 5.32 Å². The predicted octanol–water partition coefficient (Wildman–Crippen LogP) is 4.64. The molecule has 0 saturated heterocycles. The Morgan fingerprint density at radius 3 is 2.14 bits per heavy atom. The van der Waals surface area contributed by atoms with Gasteiger partial charge in [0.15, 0.2) is 0 Å². The quantitative estimate of drug-likeness (QED) is 0.664. The summed E-state index contributed by atoms with van der Waals surface area (Å²) in [4.78, 5) is 24.0. The lowest BCUT2D eigenvalue weighted by atomic mass is 10.1. The van der Waals surface area contributed by atoms with Gasteiger partial charge < -0.3 is 15.4 Å². The van der Waals surface area contributed by atoms with E-state index in [1.807, 2.05) is 50.2 Å². The zero-order valence-corrected chi connectivity index (χ0v) is 17.1. The fourth-order valence-corrected chi connectivity index (χ4v) is 2.39. The number of carbonyl (C=O) groups excluding carboxylic acids is 2. The van der Waals surface area contributed by atoms with Gasteiger partial charge in [0.2, 0.25) is 5.91 Å². The van der Waals surface area contributed by atoms with Gasteiger partial charge in [0.25, 0.3) is 5.91 Å². The largest absolute Gasteiger partial charge is 0.494 e. The van der Waals surface area contributed by atoms with Gasteiger partial charge in [0, 0.05) is 23.7 Å². The summed E-state index contributed by atoms with van der Waals surface area (Å²) in [7, 11) is 0. The van der Waals surface area contributed by atoms with Gasteiger partial charge in [-0.2, -0.15) is 0 Å². The summed E-state index contributed by atoms with van der Waals surface area (Å²) in [6.45, 7) is 9.12. The number of hydrogen-bond donors (Lipinski definition) is 2. The molecule has 0 bridgehead atoms. The maximum Gasteiger partial charge on any atom is 0.251 e. The van der Waals surface area contributed by atoms with Crippen molar-refractivity contribution in [1.29, 1.82) is 0 Å². The first-order valence-electron chi connectivity index (χ1n) is 9.76. The van der Waals surface area contributed by atoms with Crippen LogP contribution in [0.5, 0.6) is 5.75 Å². The Morgan fingerprint density at radius 2 is 1.57 bits per heavy atom. The van der Waals surface area contributed by atoms with Crippen molar-refractivity contribution in [3.8, 4) is 5.75 Å². The Bertz CT molecular complexity index is 765. The zero-order valence-electron chi connectivity index (χ0n) is 17.1. The molecule has 0 heterocycles. The molecule has 0 aliphatic carbocycles. The number of rotatable bonds is 9. The number of carbonyl (C=O) groups is 2. The van der Waals surface area contributed by atoms with E-state index in [2.05, 4.69) is 24.5 Å². The summed E-state index contributed by atoms with van der Waals surface area (Å²) >= 11 is 0. The van der Waals surface area contributed by atoms with Gasteiger partial charge in [-0.3, -0.25) is 9.59 Å². The fraction of sp³-hybridized carbons (Fsp3) is 0.391. The highest BCUT2D eigenvalue weighted by atomic mass is 16.5. The molecule has 0 fully saturated rings. The lowest BCUT2D eigenvalue weighted by molar-refractivity contribution is -0.118. The van der Waals surface area contributed by atoms with E-state index in [1.54, 1.807) is 12.1 Å². The first kappa shape index (κ1) is 21.5. The summed E-state index contributed by atoms with van der Waals surface area (Å²) in [5, 5.41) is 5.75. The van der Waals surface area contributed by atoms with Crippen LogP contribution in [0.3, 0.4) is 0 Å². The smallest absolute Gasteiger partial charge is 0.251 e. The first-order chi connectivity index (χ1) is 13.3. The van der Waals surface area contributed by atoms with Gasteiger partial charge in [0.05, 0.1) is 6.61 Å². The lowest BCUT2D eigenvalue weighted by Crippen LogP contribution is -2.22. The minimum Gasteiger partial charge on any atom is -0.494 e. The van der Waals surface area contributed by atoms with E-state index in [0.717, 1.165) is 23.4 Å². The van der Waals surface area contributed by atoms with Crippen LogP contribution < -0.4 is 15.4 Å². The summed E-state index contributed by atoms with van der Waals surface area (Å²) in [6.07, 6.45) is 1.00. The predicted molar refractivity (Wildman–Crippen MR) is 112 cm³/mol.